The second-order valence-electron chi connectivity index (χ2n) is 7.11. The molecule has 0 aromatic carbocycles. The van der Waals surface area contributed by atoms with Gasteiger partial charge in [-0.15, -0.1) is 0 Å². The maximum absolute atomic E-state index is 11.2. The van der Waals surface area contributed by atoms with Gasteiger partial charge in [-0.1, -0.05) is 84.5 Å². The molecule has 0 aromatic rings. The van der Waals surface area contributed by atoms with Crippen molar-refractivity contribution in [2.24, 2.45) is 0 Å². The molecule has 0 spiro atoms. The van der Waals surface area contributed by atoms with Crippen LogP contribution in [-0.4, -0.2) is 29.4 Å². The van der Waals surface area contributed by atoms with E-state index in [9.17, 15) is 18.1 Å². The number of hydrogen-bond donors (Lipinski definition) is 1. The van der Waals surface area contributed by atoms with E-state index in [0.717, 1.165) is 51.4 Å². The van der Waals surface area contributed by atoms with Crippen molar-refractivity contribution in [3.63, 3.8) is 0 Å². The minimum absolute atomic E-state index is 0. The van der Waals surface area contributed by atoms with Crippen molar-refractivity contribution < 1.29 is 69.5 Å². The fourth-order valence-corrected chi connectivity index (χ4v) is 4.01. The van der Waals surface area contributed by atoms with Crippen LogP contribution in [0, 0.1) is 0 Å². The first kappa shape index (κ1) is 28.7. The summed E-state index contributed by atoms with van der Waals surface area (Å²) in [4.78, 5) is 0. The zero-order valence-corrected chi connectivity index (χ0v) is 20.8. The van der Waals surface area contributed by atoms with Gasteiger partial charge in [-0.3, -0.25) is 0 Å². The molecule has 25 heavy (non-hydrogen) atoms. The van der Waals surface area contributed by atoms with Crippen LogP contribution >= 0.6 is 0 Å². The maximum Gasteiger partial charge on any atom is 1.00 e. The molecule has 1 N–H and O–H groups in total. The molecular formula is C19H39KO4S. The van der Waals surface area contributed by atoms with Gasteiger partial charge in [0, 0.05) is 5.25 Å². The minimum atomic E-state index is -4.16. The molecule has 146 valence electrons. The van der Waals surface area contributed by atoms with E-state index >= 15 is 0 Å². The summed E-state index contributed by atoms with van der Waals surface area (Å²) in [6, 6.07) is 0. The van der Waals surface area contributed by atoms with Gasteiger partial charge in [-0.25, -0.2) is 8.42 Å². The van der Waals surface area contributed by atoms with Gasteiger partial charge in [0.15, 0.2) is 0 Å². The molecule has 0 radical (unpaired) electrons. The summed E-state index contributed by atoms with van der Waals surface area (Å²) < 4.78 is 33.7. The third-order valence-corrected chi connectivity index (χ3v) is 6.03. The van der Waals surface area contributed by atoms with Crippen LogP contribution < -0.4 is 51.4 Å². The fraction of sp³-hybridized carbons (Fsp3) is 1.00. The molecule has 6 heteroatoms. The van der Waals surface area contributed by atoms with Crippen LogP contribution in [0.5, 0.6) is 0 Å². The zero-order valence-electron chi connectivity index (χ0n) is 16.8. The standard InChI is InChI=1S/C19H40O4S.K/c1-3-5-7-8-9-11-14-18(20)15-12-10-13-17-19(16-6-4-2)24(21,22)23;/h18-20H,3-17H2,1-2H3,(H,21,22,23);/q;+1/p-1. The molecule has 0 amide bonds. The fourth-order valence-electron chi connectivity index (χ4n) is 3.10. The van der Waals surface area contributed by atoms with E-state index < -0.39 is 15.4 Å². The number of unbranched alkanes of at least 4 members (excludes halogenated alkanes) is 8. The second-order valence-corrected chi connectivity index (χ2v) is 8.76. The molecule has 0 aliphatic heterocycles. The Bertz CT molecular complexity index is 374. The minimum Gasteiger partial charge on any atom is -0.748 e. The van der Waals surface area contributed by atoms with Gasteiger partial charge in [0.05, 0.1) is 16.2 Å². The van der Waals surface area contributed by atoms with Gasteiger partial charge in [0.25, 0.3) is 0 Å². The Morgan fingerprint density at radius 2 is 1.12 bits per heavy atom. The zero-order chi connectivity index (χ0) is 18.3. The van der Waals surface area contributed by atoms with Crippen molar-refractivity contribution in [2.45, 2.75) is 122 Å². The first-order valence-electron chi connectivity index (χ1n) is 10.0. The molecule has 0 rings (SSSR count). The van der Waals surface area contributed by atoms with E-state index in [4.69, 9.17) is 0 Å². The van der Waals surface area contributed by atoms with Crippen molar-refractivity contribution in [1.29, 1.82) is 0 Å². The predicted molar refractivity (Wildman–Crippen MR) is 100 cm³/mol. The van der Waals surface area contributed by atoms with Gasteiger partial charge in [-0.05, 0) is 25.7 Å². The van der Waals surface area contributed by atoms with Crippen molar-refractivity contribution >= 4 is 10.1 Å². The Morgan fingerprint density at radius 3 is 1.64 bits per heavy atom. The van der Waals surface area contributed by atoms with Gasteiger partial charge >= 0.3 is 51.4 Å². The van der Waals surface area contributed by atoms with E-state index in [0.29, 0.717) is 12.8 Å². The number of aliphatic hydroxyl groups is 1. The summed E-state index contributed by atoms with van der Waals surface area (Å²) in [6.45, 7) is 4.21. The van der Waals surface area contributed by atoms with Crippen LogP contribution in [0.15, 0.2) is 0 Å². The van der Waals surface area contributed by atoms with Crippen LogP contribution in [0.25, 0.3) is 0 Å². The monoisotopic (exact) mass is 402 g/mol. The van der Waals surface area contributed by atoms with Gasteiger partial charge < -0.3 is 9.66 Å². The Labute approximate surface area is 199 Å². The number of rotatable bonds is 17. The first-order chi connectivity index (χ1) is 11.4. The van der Waals surface area contributed by atoms with Crippen molar-refractivity contribution in [1.82, 2.24) is 0 Å². The molecule has 0 aliphatic rings. The molecule has 0 heterocycles. The molecular weight excluding hydrogens is 363 g/mol. The van der Waals surface area contributed by atoms with E-state index in [1.165, 1.54) is 32.1 Å². The Balaban J connectivity index is 0. The third kappa shape index (κ3) is 18.6. The molecule has 0 aromatic heterocycles. The van der Waals surface area contributed by atoms with Crippen molar-refractivity contribution in [3.8, 4) is 0 Å². The molecule has 2 atom stereocenters. The van der Waals surface area contributed by atoms with Crippen LogP contribution in [0.4, 0.5) is 0 Å². The van der Waals surface area contributed by atoms with E-state index in [-0.39, 0.29) is 57.5 Å². The average molecular weight is 403 g/mol. The third-order valence-electron chi connectivity index (χ3n) is 4.74. The largest absolute Gasteiger partial charge is 1.00 e. The molecule has 0 saturated carbocycles. The Morgan fingerprint density at radius 1 is 0.720 bits per heavy atom. The van der Waals surface area contributed by atoms with Crippen LogP contribution in [0.1, 0.15) is 110 Å². The number of hydrogen-bond acceptors (Lipinski definition) is 4. The molecule has 0 saturated heterocycles. The van der Waals surface area contributed by atoms with Crippen LogP contribution in [-0.2, 0) is 10.1 Å². The van der Waals surface area contributed by atoms with Gasteiger partial charge in [-0.2, -0.15) is 0 Å². The summed E-state index contributed by atoms with van der Waals surface area (Å²) >= 11 is 0. The summed E-state index contributed by atoms with van der Waals surface area (Å²) in [5.74, 6) is 0. The summed E-state index contributed by atoms with van der Waals surface area (Å²) in [5.41, 5.74) is 0. The first-order valence-corrected chi connectivity index (χ1v) is 11.5. The Kier molecular flexibility index (Phi) is 21.7. The second kappa shape index (κ2) is 18.9. The van der Waals surface area contributed by atoms with E-state index in [2.05, 4.69) is 6.92 Å². The average Bonchev–Trinajstić information content (AvgIpc) is 2.52. The molecule has 0 fully saturated rings. The smallest absolute Gasteiger partial charge is 0.748 e. The van der Waals surface area contributed by atoms with Crippen LogP contribution in [0.3, 0.4) is 0 Å². The maximum atomic E-state index is 11.2. The quantitative estimate of drug-likeness (QED) is 0.230. The predicted octanol–water partition coefficient (Wildman–Crippen LogP) is 2.16. The SMILES string of the molecule is CCCCCCCCC(O)CCCCCC(CCCC)S(=O)(=O)[O-].[K+]. The van der Waals surface area contributed by atoms with E-state index in [1.807, 2.05) is 6.92 Å². The molecule has 4 nitrogen and oxygen atoms in total. The van der Waals surface area contributed by atoms with E-state index in [1.54, 1.807) is 0 Å². The van der Waals surface area contributed by atoms with Crippen molar-refractivity contribution in [3.05, 3.63) is 0 Å². The van der Waals surface area contributed by atoms with Crippen molar-refractivity contribution in [2.75, 3.05) is 0 Å². The van der Waals surface area contributed by atoms with Crippen LogP contribution in [0.2, 0.25) is 0 Å². The topological polar surface area (TPSA) is 77.4 Å². The molecule has 0 bridgehead atoms. The summed E-state index contributed by atoms with van der Waals surface area (Å²) in [7, 11) is -4.16. The molecule has 0 aliphatic carbocycles. The van der Waals surface area contributed by atoms with Gasteiger partial charge in [0.1, 0.15) is 0 Å². The normalized spacial score (nSPS) is 14.1. The summed E-state index contributed by atoms with van der Waals surface area (Å²) in [6.07, 6.45) is 14.1. The molecule has 2 unspecified atom stereocenters. The summed E-state index contributed by atoms with van der Waals surface area (Å²) in [5, 5.41) is 9.24. The van der Waals surface area contributed by atoms with Gasteiger partial charge in [0.2, 0.25) is 0 Å². The Hall–Kier alpha value is 1.51. The number of aliphatic hydroxyl groups excluding tert-OH is 1.